The van der Waals surface area contributed by atoms with Gasteiger partial charge in [0.05, 0.1) is 35.5 Å². The summed E-state index contributed by atoms with van der Waals surface area (Å²) >= 11 is 3.40. The molecule has 1 unspecified atom stereocenters. The first-order valence-corrected chi connectivity index (χ1v) is 14.5. The van der Waals surface area contributed by atoms with Crippen LogP contribution in [0.1, 0.15) is 43.1 Å². The molecule has 8 nitrogen and oxygen atoms in total. The molecule has 0 spiro atoms. The van der Waals surface area contributed by atoms with E-state index in [1.54, 1.807) is 6.20 Å². The SMILES string of the molecule is Cc1cn2c(-c3cn[nH]c3)cnc2c(Nc2cc(C(CSc3ccccc3)N3CCCCCC3)ns2)n1. The number of aryl methyl sites for hydroxylation is 1. The summed E-state index contributed by atoms with van der Waals surface area (Å²) in [5.74, 6) is 1.71. The Morgan fingerprint density at radius 3 is 2.73 bits per heavy atom. The number of nitrogens with one attached hydrogen (secondary N) is 2. The number of rotatable bonds is 8. The molecule has 1 aromatic carbocycles. The number of fused-ring (bicyclic) bond motifs is 1. The molecule has 37 heavy (non-hydrogen) atoms. The molecule has 2 N–H and O–H groups in total. The first kappa shape index (κ1) is 24.1. The van der Waals surface area contributed by atoms with Crippen LogP contribution in [0, 0.1) is 6.92 Å². The Labute approximate surface area is 224 Å². The third-order valence-electron chi connectivity index (χ3n) is 6.75. The number of thioether (sulfide) groups is 1. The van der Waals surface area contributed by atoms with Gasteiger partial charge in [-0.15, -0.1) is 11.8 Å². The van der Waals surface area contributed by atoms with Crippen LogP contribution in [0.2, 0.25) is 0 Å². The summed E-state index contributed by atoms with van der Waals surface area (Å²) in [6.07, 6.45) is 12.7. The third kappa shape index (κ3) is 5.41. The highest BCUT2D eigenvalue weighted by atomic mass is 32.2. The molecule has 5 aromatic rings. The minimum atomic E-state index is 0.278. The van der Waals surface area contributed by atoms with Gasteiger partial charge in [-0.1, -0.05) is 31.0 Å². The summed E-state index contributed by atoms with van der Waals surface area (Å²) in [6, 6.07) is 13.1. The predicted octanol–water partition coefficient (Wildman–Crippen LogP) is 6.34. The van der Waals surface area contributed by atoms with Gasteiger partial charge in [-0.3, -0.25) is 14.4 Å². The molecule has 1 fully saturated rings. The molecule has 1 atom stereocenters. The number of anilines is 2. The second-order valence-corrected chi connectivity index (χ2v) is 11.3. The number of likely N-dealkylation sites (tertiary alicyclic amines) is 1. The quantitative estimate of drug-likeness (QED) is 0.226. The number of hydrogen-bond acceptors (Lipinski definition) is 8. The van der Waals surface area contributed by atoms with Crippen LogP contribution >= 0.6 is 23.3 Å². The summed E-state index contributed by atoms with van der Waals surface area (Å²) < 4.78 is 7.00. The second kappa shape index (κ2) is 11.0. The maximum Gasteiger partial charge on any atom is 0.180 e. The summed E-state index contributed by atoms with van der Waals surface area (Å²) in [6.45, 7) is 4.26. The Morgan fingerprint density at radius 2 is 1.95 bits per heavy atom. The fourth-order valence-electron chi connectivity index (χ4n) is 4.90. The van der Waals surface area contributed by atoms with Crippen LogP contribution in [0.25, 0.3) is 16.9 Å². The normalized spacial score (nSPS) is 15.6. The molecule has 0 amide bonds. The summed E-state index contributed by atoms with van der Waals surface area (Å²) in [5.41, 5.74) is 4.77. The van der Waals surface area contributed by atoms with Crippen molar-refractivity contribution in [1.29, 1.82) is 0 Å². The lowest BCUT2D eigenvalue weighted by Gasteiger charge is -2.29. The average Bonchev–Trinajstić information content (AvgIpc) is 3.64. The van der Waals surface area contributed by atoms with Gasteiger partial charge in [0.2, 0.25) is 0 Å². The Hall–Kier alpha value is -3.21. The molecule has 0 aliphatic carbocycles. The van der Waals surface area contributed by atoms with Gasteiger partial charge in [0.1, 0.15) is 5.00 Å². The third-order valence-corrected chi connectivity index (χ3v) is 8.56. The number of hydrogen-bond donors (Lipinski definition) is 2. The summed E-state index contributed by atoms with van der Waals surface area (Å²) in [7, 11) is 0. The van der Waals surface area contributed by atoms with Crippen molar-refractivity contribution in [3.05, 3.63) is 72.6 Å². The van der Waals surface area contributed by atoms with Gasteiger partial charge in [0.15, 0.2) is 11.5 Å². The van der Waals surface area contributed by atoms with Crippen LogP contribution in [0.3, 0.4) is 0 Å². The minimum Gasteiger partial charge on any atom is -0.328 e. The van der Waals surface area contributed by atoms with E-state index in [-0.39, 0.29) is 6.04 Å². The van der Waals surface area contributed by atoms with E-state index in [2.05, 4.69) is 66.2 Å². The molecule has 0 radical (unpaired) electrons. The van der Waals surface area contributed by atoms with E-state index in [4.69, 9.17) is 9.36 Å². The zero-order chi connectivity index (χ0) is 25.0. The smallest absolute Gasteiger partial charge is 0.180 e. The molecule has 5 heterocycles. The van der Waals surface area contributed by atoms with E-state index in [1.165, 1.54) is 42.1 Å². The van der Waals surface area contributed by atoms with Crippen molar-refractivity contribution < 1.29 is 0 Å². The zero-order valence-corrected chi connectivity index (χ0v) is 22.4. The van der Waals surface area contributed by atoms with E-state index in [9.17, 15) is 0 Å². The van der Waals surface area contributed by atoms with E-state index < -0.39 is 0 Å². The average molecular weight is 531 g/mol. The number of aromatic amines is 1. The fourth-order valence-corrected chi connectivity index (χ4v) is 6.67. The highest BCUT2D eigenvalue weighted by Crippen LogP contribution is 2.34. The largest absolute Gasteiger partial charge is 0.328 e. The number of benzene rings is 1. The lowest BCUT2D eigenvalue weighted by atomic mass is 10.2. The van der Waals surface area contributed by atoms with Crippen molar-refractivity contribution in [1.82, 2.24) is 33.8 Å². The zero-order valence-electron chi connectivity index (χ0n) is 20.8. The fraction of sp³-hybridized carbons (Fsp3) is 0.333. The monoisotopic (exact) mass is 530 g/mol. The molecule has 1 aliphatic heterocycles. The van der Waals surface area contributed by atoms with Crippen LogP contribution in [0.5, 0.6) is 0 Å². The minimum absolute atomic E-state index is 0.278. The van der Waals surface area contributed by atoms with Crippen LogP contribution in [-0.2, 0) is 0 Å². The van der Waals surface area contributed by atoms with E-state index >= 15 is 0 Å². The van der Waals surface area contributed by atoms with Crippen LogP contribution in [0.15, 0.2) is 66.1 Å². The number of imidazole rings is 1. The van der Waals surface area contributed by atoms with E-state index in [0.717, 1.165) is 58.0 Å². The van der Waals surface area contributed by atoms with Crippen LogP contribution < -0.4 is 5.32 Å². The molecule has 190 valence electrons. The van der Waals surface area contributed by atoms with E-state index in [0.29, 0.717) is 0 Å². The maximum absolute atomic E-state index is 4.94. The molecule has 1 saturated heterocycles. The summed E-state index contributed by atoms with van der Waals surface area (Å²) in [5, 5.41) is 11.5. The van der Waals surface area contributed by atoms with Crippen molar-refractivity contribution in [2.75, 3.05) is 24.2 Å². The summed E-state index contributed by atoms with van der Waals surface area (Å²) in [4.78, 5) is 13.4. The highest BCUT2D eigenvalue weighted by molar-refractivity contribution is 7.99. The maximum atomic E-state index is 4.94. The van der Waals surface area contributed by atoms with Crippen molar-refractivity contribution in [3.63, 3.8) is 0 Å². The Morgan fingerprint density at radius 1 is 1.11 bits per heavy atom. The first-order valence-electron chi connectivity index (χ1n) is 12.7. The van der Waals surface area contributed by atoms with E-state index in [1.807, 2.05) is 37.3 Å². The Kier molecular flexibility index (Phi) is 7.20. The highest BCUT2D eigenvalue weighted by Gasteiger charge is 2.25. The van der Waals surface area contributed by atoms with Gasteiger partial charge >= 0.3 is 0 Å². The molecular formula is C27H30N8S2. The Balaban J connectivity index is 1.27. The van der Waals surface area contributed by atoms with Crippen molar-refractivity contribution >= 4 is 39.8 Å². The molecule has 0 saturated carbocycles. The van der Waals surface area contributed by atoms with Crippen molar-refractivity contribution in [3.8, 4) is 11.3 Å². The molecule has 0 bridgehead atoms. The molecule has 6 rings (SSSR count). The van der Waals surface area contributed by atoms with Gasteiger partial charge in [-0.2, -0.15) is 9.47 Å². The Bertz CT molecular complexity index is 1440. The number of H-pyrrole nitrogens is 1. The predicted molar refractivity (Wildman–Crippen MR) is 151 cm³/mol. The number of aromatic nitrogens is 6. The standard InChI is InChI=1S/C27H30N8S2/c1-19-17-35-23(20-14-29-30-15-20)16-28-27(35)26(31-19)32-25-13-22(33-37-25)24(34-11-7-2-3-8-12-34)18-36-21-9-5-4-6-10-21/h4-6,9-10,13-17,24H,2-3,7-8,11-12,18H2,1H3,(H,29,30)(H,31,32). The molecule has 1 aliphatic rings. The van der Waals surface area contributed by atoms with Crippen LogP contribution in [-0.4, -0.2) is 52.7 Å². The second-order valence-electron chi connectivity index (χ2n) is 9.39. The van der Waals surface area contributed by atoms with Crippen molar-refractivity contribution in [2.45, 2.75) is 43.5 Å². The van der Waals surface area contributed by atoms with Gasteiger partial charge < -0.3 is 5.32 Å². The van der Waals surface area contributed by atoms with Gasteiger partial charge in [-0.05, 0) is 62.6 Å². The topological polar surface area (TPSA) is 87.0 Å². The molecule has 4 aromatic heterocycles. The van der Waals surface area contributed by atoms with Crippen molar-refractivity contribution in [2.24, 2.45) is 0 Å². The lowest BCUT2D eigenvalue weighted by Crippen LogP contribution is -2.31. The first-order chi connectivity index (χ1) is 18.2. The molecule has 10 heteroatoms. The van der Waals surface area contributed by atoms with Gasteiger partial charge in [0, 0.05) is 28.6 Å². The van der Waals surface area contributed by atoms with Gasteiger partial charge in [0.25, 0.3) is 0 Å². The van der Waals surface area contributed by atoms with Gasteiger partial charge in [-0.25, -0.2) is 9.97 Å². The number of nitrogens with zero attached hydrogens (tertiary/aromatic N) is 6. The molecular weight excluding hydrogens is 500 g/mol. The van der Waals surface area contributed by atoms with Crippen LogP contribution in [0.4, 0.5) is 10.8 Å². The lowest BCUT2D eigenvalue weighted by molar-refractivity contribution is 0.220.